The molecule has 0 aromatic rings. The van der Waals surface area contributed by atoms with Gasteiger partial charge >= 0.3 is 17.9 Å². The van der Waals surface area contributed by atoms with Crippen LogP contribution in [0.2, 0.25) is 0 Å². The fourth-order valence-electron chi connectivity index (χ4n) is 8.68. The van der Waals surface area contributed by atoms with Gasteiger partial charge in [0.25, 0.3) is 0 Å². The predicted molar refractivity (Wildman–Crippen MR) is 275 cm³/mol. The van der Waals surface area contributed by atoms with Crippen LogP contribution in [0.1, 0.15) is 323 Å². The molecule has 0 amide bonds. The van der Waals surface area contributed by atoms with Crippen LogP contribution < -0.4 is 0 Å². The normalized spacial score (nSPS) is 12.0. The highest BCUT2D eigenvalue weighted by Gasteiger charge is 2.19. The van der Waals surface area contributed by atoms with Gasteiger partial charge in [-0.3, -0.25) is 14.4 Å². The Labute approximate surface area is 399 Å². The van der Waals surface area contributed by atoms with E-state index in [9.17, 15) is 14.4 Å². The van der Waals surface area contributed by atoms with Crippen LogP contribution in [-0.4, -0.2) is 37.2 Å². The molecule has 0 aromatic heterocycles. The summed E-state index contributed by atoms with van der Waals surface area (Å²) in [6, 6.07) is 0. The van der Waals surface area contributed by atoms with Crippen LogP contribution in [0.25, 0.3) is 0 Å². The third-order valence-corrected chi connectivity index (χ3v) is 13.0. The summed E-state index contributed by atoms with van der Waals surface area (Å²) in [6.07, 6.45) is 60.6. The minimum absolute atomic E-state index is 0.0658. The molecule has 0 rings (SSSR count). The fourth-order valence-corrected chi connectivity index (χ4v) is 8.68. The molecule has 0 aromatic carbocycles. The largest absolute Gasteiger partial charge is 0.462 e. The van der Waals surface area contributed by atoms with E-state index in [4.69, 9.17) is 14.2 Å². The molecule has 64 heavy (non-hydrogen) atoms. The molecule has 6 nitrogen and oxygen atoms in total. The van der Waals surface area contributed by atoms with Crippen LogP contribution in [0.15, 0.2) is 12.2 Å². The Hall–Kier alpha value is -1.85. The Morgan fingerprint density at radius 2 is 0.516 bits per heavy atom. The molecule has 0 fully saturated rings. The third-order valence-electron chi connectivity index (χ3n) is 13.0. The molecule has 0 saturated heterocycles. The molecule has 0 spiro atoms. The van der Waals surface area contributed by atoms with E-state index >= 15 is 0 Å². The Balaban J connectivity index is 4.25. The van der Waals surface area contributed by atoms with E-state index in [2.05, 4.69) is 32.9 Å². The first-order chi connectivity index (χ1) is 31.5. The Morgan fingerprint density at radius 3 is 0.781 bits per heavy atom. The van der Waals surface area contributed by atoms with Gasteiger partial charge in [0, 0.05) is 19.3 Å². The number of carbonyl (C=O) groups is 3. The number of ether oxygens (including phenoxy) is 3. The van der Waals surface area contributed by atoms with Crippen LogP contribution in [-0.2, 0) is 28.6 Å². The standard InChI is InChI=1S/C58H110O6/c1-4-7-10-13-16-19-22-24-26-28-29-31-32-34-36-39-42-45-48-51-57(60)63-54-55(53-62-56(59)50-47-44-41-38-21-18-15-12-9-6-3)64-58(61)52-49-46-43-40-37-35-33-30-27-25-23-20-17-14-11-8-5-2/h28-29,55H,4-27,30-54H2,1-3H3/b29-28-/t55-/m1/s1. The minimum Gasteiger partial charge on any atom is -0.462 e. The van der Waals surface area contributed by atoms with Crippen LogP contribution >= 0.6 is 0 Å². The van der Waals surface area contributed by atoms with Crippen molar-refractivity contribution in [3.05, 3.63) is 12.2 Å². The lowest BCUT2D eigenvalue weighted by Gasteiger charge is -2.18. The zero-order chi connectivity index (χ0) is 46.5. The van der Waals surface area contributed by atoms with E-state index in [1.807, 2.05) is 0 Å². The molecule has 0 unspecified atom stereocenters. The monoisotopic (exact) mass is 903 g/mol. The van der Waals surface area contributed by atoms with Crippen molar-refractivity contribution in [2.75, 3.05) is 13.2 Å². The van der Waals surface area contributed by atoms with Crippen molar-refractivity contribution >= 4 is 17.9 Å². The average molecular weight is 904 g/mol. The first kappa shape index (κ1) is 62.1. The summed E-state index contributed by atoms with van der Waals surface area (Å²) in [5.41, 5.74) is 0. The number of allylic oxidation sites excluding steroid dienone is 2. The van der Waals surface area contributed by atoms with Crippen molar-refractivity contribution in [2.24, 2.45) is 0 Å². The second kappa shape index (κ2) is 53.8. The quantitative estimate of drug-likeness (QED) is 0.0262. The minimum atomic E-state index is -0.765. The van der Waals surface area contributed by atoms with Gasteiger partial charge in [-0.15, -0.1) is 0 Å². The highest BCUT2D eigenvalue weighted by atomic mass is 16.6. The highest BCUT2D eigenvalue weighted by molar-refractivity contribution is 5.71. The third kappa shape index (κ3) is 51.1. The average Bonchev–Trinajstić information content (AvgIpc) is 3.29. The summed E-state index contributed by atoms with van der Waals surface area (Å²) >= 11 is 0. The number of rotatable bonds is 53. The van der Waals surface area contributed by atoms with Gasteiger partial charge in [0.1, 0.15) is 13.2 Å². The van der Waals surface area contributed by atoms with Gasteiger partial charge in [-0.05, 0) is 44.9 Å². The summed E-state index contributed by atoms with van der Waals surface area (Å²) < 4.78 is 16.8. The van der Waals surface area contributed by atoms with E-state index in [1.54, 1.807) is 0 Å². The number of carbonyl (C=O) groups excluding carboxylic acids is 3. The molecular formula is C58H110O6. The van der Waals surface area contributed by atoms with Gasteiger partial charge in [-0.2, -0.15) is 0 Å². The highest BCUT2D eigenvalue weighted by Crippen LogP contribution is 2.17. The van der Waals surface area contributed by atoms with E-state index in [-0.39, 0.29) is 31.1 Å². The lowest BCUT2D eigenvalue weighted by molar-refractivity contribution is -0.167. The van der Waals surface area contributed by atoms with Gasteiger partial charge in [-0.1, -0.05) is 270 Å². The van der Waals surface area contributed by atoms with Crippen molar-refractivity contribution in [2.45, 2.75) is 329 Å². The maximum Gasteiger partial charge on any atom is 0.306 e. The van der Waals surface area contributed by atoms with Crippen molar-refractivity contribution in [1.82, 2.24) is 0 Å². The fraction of sp³-hybridized carbons (Fsp3) is 0.914. The van der Waals surface area contributed by atoms with E-state index in [0.717, 1.165) is 57.8 Å². The number of hydrogen-bond acceptors (Lipinski definition) is 6. The molecule has 6 heteroatoms. The second-order valence-corrected chi connectivity index (χ2v) is 19.6. The van der Waals surface area contributed by atoms with Crippen molar-refractivity contribution in [3.8, 4) is 0 Å². The molecule has 1 atom stereocenters. The number of hydrogen-bond donors (Lipinski definition) is 0. The van der Waals surface area contributed by atoms with E-state index < -0.39 is 6.10 Å². The lowest BCUT2D eigenvalue weighted by Crippen LogP contribution is -2.30. The van der Waals surface area contributed by atoms with Crippen molar-refractivity contribution < 1.29 is 28.6 Å². The van der Waals surface area contributed by atoms with E-state index in [1.165, 1.54) is 225 Å². The first-order valence-corrected chi connectivity index (χ1v) is 28.7. The molecule has 0 saturated carbocycles. The topological polar surface area (TPSA) is 78.9 Å². The summed E-state index contributed by atoms with van der Waals surface area (Å²) in [5.74, 6) is -0.849. The smallest absolute Gasteiger partial charge is 0.306 e. The van der Waals surface area contributed by atoms with Gasteiger partial charge < -0.3 is 14.2 Å². The Kier molecular flexibility index (Phi) is 52.2. The zero-order valence-corrected chi connectivity index (χ0v) is 43.3. The summed E-state index contributed by atoms with van der Waals surface area (Å²) in [5, 5.41) is 0. The SMILES string of the molecule is CCCCCCCCCC/C=C\CCCCCCCCCC(=O)OC[C@@H](COC(=O)CCCCCCCCCCCC)OC(=O)CCCCCCCCCCCCCCCCCCC. The van der Waals surface area contributed by atoms with Gasteiger partial charge in [0.2, 0.25) is 0 Å². The van der Waals surface area contributed by atoms with Crippen LogP contribution in [0.4, 0.5) is 0 Å². The molecule has 0 radical (unpaired) electrons. The number of esters is 3. The van der Waals surface area contributed by atoms with Crippen LogP contribution in [0, 0.1) is 0 Å². The summed E-state index contributed by atoms with van der Waals surface area (Å²) in [6.45, 7) is 6.68. The molecule has 0 aliphatic carbocycles. The predicted octanol–water partition coefficient (Wildman–Crippen LogP) is 18.9. The molecule has 0 heterocycles. The van der Waals surface area contributed by atoms with Gasteiger partial charge in [0.15, 0.2) is 6.10 Å². The first-order valence-electron chi connectivity index (χ1n) is 28.7. The van der Waals surface area contributed by atoms with Gasteiger partial charge in [-0.25, -0.2) is 0 Å². The number of unbranched alkanes of at least 4 members (excludes halogenated alkanes) is 40. The Morgan fingerprint density at radius 1 is 0.297 bits per heavy atom. The molecule has 0 aliphatic heterocycles. The maximum absolute atomic E-state index is 12.8. The zero-order valence-electron chi connectivity index (χ0n) is 43.3. The van der Waals surface area contributed by atoms with Crippen molar-refractivity contribution in [1.29, 1.82) is 0 Å². The molecule has 0 aliphatic rings. The molecule has 378 valence electrons. The molecule has 0 bridgehead atoms. The molecule has 0 N–H and O–H groups in total. The van der Waals surface area contributed by atoms with E-state index in [0.29, 0.717) is 19.3 Å². The van der Waals surface area contributed by atoms with Gasteiger partial charge in [0.05, 0.1) is 0 Å². The summed E-state index contributed by atoms with van der Waals surface area (Å²) in [7, 11) is 0. The second-order valence-electron chi connectivity index (χ2n) is 19.6. The summed E-state index contributed by atoms with van der Waals surface area (Å²) in [4.78, 5) is 38.0. The van der Waals surface area contributed by atoms with Crippen LogP contribution in [0.3, 0.4) is 0 Å². The maximum atomic E-state index is 12.8. The van der Waals surface area contributed by atoms with Crippen molar-refractivity contribution in [3.63, 3.8) is 0 Å². The molecular weight excluding hydrogens is 793 g/mol. The van der Waals surface area contributed by atoms with Crippen LogP contribution in [0.5, 0.6) is 0 Å². The Bertz CT molecular complexity index is 993. The lowest BCUT2D eigenvalue weighted by atomic mass is 10.0.